The quantitative estimate of drug-likeness (QED) is 0.884. The predicted molar refractivity (Wildman–Crippen MR) is 79.5 cm³/mol. The predicted octanol–water partition coefficient (Wildman–Crippen LogP) is 1.83. The van der Waals surface area contributed by atoms with E-state index < -0.39 is 5.60 Å². The van der Waals surface area contributed by atoms with Crippen LogP contribution in [-0.4, -0.2) is 34.7 Å². The molecule has 0 bridgehead atoms. The lowest BCUT2D eigenvalue weighted by atomic mass is 9.99. The van der Waals surface area contributed by atoms with Crippen molar-refractivity contribution in [3.05, 3.63) is 34.9 Å². The topological polar surface area (TPSA) is 49.3 Å². The van der Waals surface area contributed by atoms with E-state index in [1.807, 2.05) is 6.07 Å². The molecule has 2 rings (SSSR count). The fourth-order valence-electron chi connectivity index (χ4n) is 2.44. The molecule has 0 spiro atoms. The molecule has 0 aromatic heterocycles. The molecular formula is C15H21NO2S. The summed E-state index contributed by atoms with van der Waals surface area (Å²) in [5, 5.41) is 13.0. The maximum absolute atomic E-state index is 12.0. The molecular weight excluding hydrogens is 258 g/mol. The molecule has 19 heavy (non-hydrogen) atoms. The van der Waals surface area contributed by atoms with Crippen LogP contribution in [0.15, 0.2) is 18.2 Å². The highest BCUT2D eigenvalue weighted by molar-refractivity contribution is 7.99. The van der Waals surface area contributed by atoms with E-state index in [1.165, 1.54) is 16.7 Å². The number of aliphatic hydroxyl groups is 1. The number of carbonyl (C=O) groups is 1. The van der Waals surface area contributed by atoms with Gasteiger partial charge in [0.2, 0.25) is 0 Å². The van der Waals surface area contributed by atoms with E-state index in [0.29, 0.717) is 18.7 Å². The second-order valence-corrected chi connectivity index (χ2v) is 6.32. The first-order valence-electron chi connectivity index (χ1n) is 6.66. The Morgan fingerprint density at radius 3 is 2.68 bits per heavy atom. The van der Waals surface area contributed by atoms with Crippen LogP contribution in [0, 0.1) is 13.8 Å². The minimum absolute atomic E-state index is 0.219. The van der Waals surface area contributed by atoms with Gasteiger partial charge in [0, 0.05) is 12.3 Å². The minimum Gasteiger partial charge on any atom is -0.379 e. The molecule has 1 unspecified atom stereocenters. The van der Waals surface area contributed by atoms with Crippen LogP contribution in [0.4, 0.5) is 0 Å². The number of thioether (sulfide) groups is 1. The molecule has 1 aromatic rings. The van der Waals surface area contributed by atoms with Gasteiger partial charge in [-0.2, -0.15) is 11.8 Å². The molecule has 4 heteroatoms. The second kappa shape index (κ2) is 5.97. The van der Waals surface area contributed by atoms with Gasteiger partial charge in [-0.1, -0.05) is 18.2 Å². The second-order valence-electron chi connectivity index (χ2n) is 5.21. The average Bonchev–Trinajstić information content (AvgIpc) is 2.81. The first-order valence-corrected chi connectivity index (χ1v) is 7.82. The van der Waals surface area contributed by atoms with Gasteiger partial charge in [-0.15, -0.1) is 0 Å². The third-order valence-electron chi connectivity index (χ3n) is 3.73. The van der Waals surface area contributed by atoms with Gasteiger partial charge in [0.05, 0.1) is 0 Å². The third kappa shape index (κ3) is 3.31. The van der Waals surface area contributed by atoms with Crippen molar-refractivity contribution in [2.75, 3.05) is 18.1 Å². The number of rotatable bonds is 4. The van der Waals surface area contributed by atoms with E-state index >= 15 is 0 Å². The van der Waals surface area contributed by atoms with Crippen molar-refractivity contribution in [1.29, 1.82) is 0 Å². The van der Waals surface area contributed by atoms with Gasteiger partial charge < -0.3 is 10.4 Å². The molecule has 1 aromatic carbocycles. The first kappa shape index (κ1) is 14.4. The molecule has 0 radical (unpaired) electrons. The average molecular weight is 279 g/mol. The zero-order valence-electron chi connectivity index (χ0n) is 11.5. The number of amides is 1. The van der Waals surface area contributed by atoms with Crippen molar-refractivity contribution >= 4 is 17.7 Å². The number of hydrogen-bond donors (Lipinski definition) is 2. The van der Waals surface area contributed by atoms with Crippen LogP contribution >= 0.6 is 11.8 Å². The summed E-state index contributed by atoms with van der Waals surface area (Å²) in [7, 11) is 0. The minimum atomic E-state index is -1.15. The Kier molecular flexibility index (Phi) is 4.53. The molecule has 2 N–H and O–H groups in total. The van der Waals surface area contributed by atoms with Crippen molar-refractivity contribution in [1.82, 2.24) is 5.32 Å². The Bertz CT molecular complexity index is 447. The normalized spacial score (nSPS) is 22.5. The molecule has 104 valence electrons. The molecule has 1 fully saturated rings. The van der Waals surface area contributed by atoms with Gasteiger partial charge in [0.1, 0.15) is 0 Å². The number of hydrogen-bond acceptors (Lipinski definition) is 3. The largest absolute Gasteiger partial charge is 0.379 e. The van der Waals surface area contributed by atoms with Crippen molar-refractivity contribution in [3.63, 3.8) is 0 Å². The van der Waals surface area contributed by atoms with Gasteiger partial charge in [-0.3, -0.25) is 4.79 Å². The maximum Gasteiger partial charge on any atom is 0.252 e. The van der Waals surface area contributed by atoms with Crippen molar-refractivity contribution < 1.29 is 9.90 Å². The third-order valence-corrected chi connectivity index (χ3v) is 4.90. The smallest absolute Gasteiger partial charge is 0.252 e. The summed E-state index contributed by atoms with van der Waals surface area (Å²) in [6.45, 7) is 4.76. The fraction of sp³-hybridized carbons (Fsp3) is 0.533. The van der Waals surface area contributed by atoms with Gasteiger partial charge in [-0.05, 0) is 49.1 Å². The SMILES string of the molecule is Cc1cccc(C)c1CCNC(=O)C1(O)CCSC1. The van der Waals surface area contributed by atoms with Crippen molar-refractivity contribution in [2.45, 2.75) is 32.3 Å². The van der Waals surface area contributed by atoms with E-state index in [1.54, 1.807) is 11.8 Å². The first-order chi connectivity index (χ1) is 9.03. The fourth-order valence-corrected chi connectivity index (χ4v) is 3.68. The number of aryl methyl sites for hydroxylation is 2. The van der Waals surface area contributed by atoms with E-state index in [0.717, 1.165) is 12.2 Å². The standard InChI is InChI=1S/C15H21NO2S/c1-11-4-3-5-12(2)13(11)6-8-16-14(17)15(18)7-9-19-10-15/h3-5,18H,6-10H2,1-2H3,(H,16,17). The summed E-state index contributed by atoms with van der Waals surface area (Å²) in [5.74, 6) is 1.16. The van der Waals surface area contributed by atoms with Crippen molar-refractivity contribution in [3.8, 4) is 0 Å². The summed E-state index contributed by atoms with van der Waals surface area (Å²) in [4.78, 5) is 12.0. The Morgan fingerprint density at radius 1 is 1.42 bits per heavy atom. The molecule has 1 saturated heterocycles. The van der Waals surface area contributed by atoms with Gasteiger partial charge >= 0.3 is 0 Å². The van der Waals surface area contributed by atoms with Crippen LogP contribution in [-0.2, 0) is 11.2 Å². The molecule has 3 nitrogen and oxygen atoms in total. The molecule has 1 heterocycles. The van der Waals surface area contributed by atoms with Crippen LogP contribution in [0.1, 0.15) is 23.1 Å². The summed E-state index contributed by atoms with van der Waals surface area (Å²) in [6.07, 6.45) is 1.38. The Labute approximate surface area is 118 Å². The Balaban J connectivity index is 1.88. The van der Waals surface area contributed by atoms with Gasteiger partial charge in [0.25, 0.3) is 5.91 Å². The van der Waals surface area contributed by atoms with Crippen molar-refractivity contribution in [2.24, 2.45) is 0 Å². The zero-order chi connectivity index (χ0) is 13.9. The molecule has 1 aliphatic rings. The zero-order valence-corrected chi connectivity index (χ0v) is 12.3. The number of carbonyl (C=O) groups excluding carboxylic acids is 1. The lowest BCUT2D eigenvalue weighted by Gasteiger charge is -2.20. The van der Waals surface area contributed by atoms with E-state index in [-0.39, 0.29) is 5.91 Å². The maximum atomic E-state index is 12.0. The molecule has 1 aliphatic heterocycles. The van der Waals surface area contributed by atoms with Crippen LogP contribution in [0.25, 0.3) is 0 Å². The lowest BCUT2D eigenvalue weighted by Crippen LogP contribution is -2.47. The summed E-state index contributed by atoms with van der Waals surface area (Å²) in [5.41, 5.74) is 2.65. The number of benzene rings is 1. The van der Waals surface area contributed by atoms with Crippen LogP contribution in [0.3, 0.4) is 0 Å². The van der Waals surface area contributed by atoms with Crippen LogP contribution in [0.2, 0.25) is 0 Å². The lowest BCUT2D eigenvalue weighted by molar-refractivity contribution is -0.137. The molecule has 0 saturated carbocycles. The Morgan fingerprint density at radius 2 is 2.11 bits per heavy atom. The Hall–Kier alpha value is -1.000. The van der Waals surface area contributed by atoms with E-state index in [9.17, 15) is 9.90 Å². The highest BCUT2D eigenvalue weighted by atomic mass is 32.2. The highest BCUT2D eigenvalue weighted by Crippen LogP contribution is 2.27. The molecule has 0 aliphatic carbocycles. The summed E-state index contributed by atoms with van der Waals surface area (Å²) >= 11 is 1.63. The van der Waals surface area contributed by atoms with E-state index in [4.69, 9.17) is 0 Å². The molecule has 1 amide bonds. The van der Waals surface area contributed by atoms with Crippen LogP contribution < -0.4 is 5.32 Å². The number of nitrogens with one attached hydrogen (secondary N) is 1. The van der Waals surface area contributed by atoms with Gasteiger partial charge in [-0.25, -0.2) is 0 Å². The highest BCUT2D eigenvalue weighted by Gasteiger charge is 2.39. The van der Waals surface area contributed by atoms with Gasteiger partial charge in [0.15, 0.2) is 5.60 Å². The van der Waals surface area contributed by atoms with E-state index in [2.05, 4.69) is 31.3 Å². The summed E-state index contributed by atoms with van der Waals surface area (Å²) < 4.78 is 0. The molecule has 1 atom stereocenters. The summed E-state index contributed by atoms with van der Waals surface area (Å²) in [6, 6.07) is 6.22. The monoisotopic (exact) mass is 279 g/mol. The van der Waals surface area contributed by atoms with Crippen LogP contribution in [0.5, 0.6) is 0 Å².